The maximum absolute atomic E-state index is 2.52. The first-order chi connectivity index (χ1) is 30.9. The molecule has 0 saturated heterocycles. The molecular weight excluding hydrogens is 777 g/mol. The molecule has 304 valence electrons. The number of hydrogen-bond acceptors (Lipinski definition) is 1. The van der Waals surface area contributed by atoms with Crippen LogP contribution < -0.4 is 0 Å². The molecule has 2 aliphatic rings. The van der Waals surface area contributed by atoms with Gasteiger partial charge < -0.3 is 0 Å². The fourth-order valence-electron chi connectivity index (χ4n) is 11.0. The molecule has 10 aromatic rings. The molecule has 63 heavy (non-hydrogen) atoms. The smallest absolute Gasteiger partial charge is 0.0719 e. The van der Waals surface area contributed by atoms with Crippen molar-refractivity contribution in [3.05, 3.63) is 262 Å². The molecule has 2 aliphatic carbocycles. The van der Waals surface area contributed by atoms with Crippen LogP contribution in [0.25, 0.3) is 53.6 Å². The van der Waals surface area contributed by atoms with E-state index in [-0.39, 0.29) is 11.3 Å². The second-order valence-electron chi connectivity index (χ2n) is 17.8. The first-order valence-electron chi connectivity index (χ1n) is 22.5. The Balaban J connectivity index is 0.00000144. The van der Waals surface area contributed by atoms with Crippen LogP contribution in [0.4, 0.5) is 0 Å². The topological polar surface area (TPSA) is 0 Å². The van der Waals surface area contributed by atoms with Crippen LogP contribution in [0.5, 0.6) is 0 Å². The van der Waals surface area contributed by atoms with E-state index in [2.05, 4.69) is 240 Å². The van der Waals surface area contributed by atoms with Crippen LogP contribution in [0.3, 0.4) is 0 Å². The number of thiophene rings is 1. The summed E-state index contributed by atoms with van der Waals surface area (Å²) in [4.78, 5) is 0. The quantitative estimate of drug-likeness (QED) is 0.152. The van der Waals surface area contributed by atoms with Gasteiger partial charge in [-0.1, -0.05) is 222 Å². The molecule has 9 aromatic carbocycles. The van der Waals surface area contributed by atoms with Crippen LogP contribution in [0, 0.1) is 0 Å². The fourth-order valence-corrected chi connectivity index (χ4v) is 12.1. The fraction of sp³-hybridized carbons (Fsp3) is 0.129. The third kappa shape index (κ3) is 6.09. The normalized spacial score (nSPS) is 14.3. The Morgan fingerprint density at radius 3 is 1.60 bits per heavy atom. The average molecular weight is 827 g/mol. The van der Waals surface area contributed by atoms with Gasteiger partial charge >= 0.3 is 0 Å². The zero-order valence-corrected chi connectivity index (χ0v) is 37.2. The van der Waals surface area contributed by atoms with Crippen molar-refractivity contribution in [3.63, 3.8) is 0 Å². The average Bonchev–Trinajstić information content (AvgIpc) is 3.86. The van der Waals surface area contributed by atoms with Gasteiger partial charge in [-0.25, -0.2) is 0 Å². The molecule has 1 heterocycles. The van der Waals surface area contributed by atoms with Crippen molar-refractivity contribution in [1.29, 1.82) is 0 Å². The molecule has 0 N–H and O–H groups in total. The van der Waals surface area contributed by atoms with Gasteiger partial charge in [0.25, 0.3) is 0 Å². The summed E-state index contributed by atoms with van der Waals surface area (Å²) >= 11 is 1.88. The van der Waals surface area contributed by atoms with Crippen molar-refractivity contribution in [2.75, 3.05) is 0 Å². The molecule has 0 amide bonds. The second kappa shape index (κ2) is 15.5. The highest BCUT2D eigenvalue weighted by molar-refractivity contribution is 7.25. The second-order valence-corrected chi connectivity index (χ2v) is 18.9. The Morgan fingerprint density at radius 1 is 0.397 bits per heavy atom. The van der Waals surface area contributed by atoms with Gasteiger partial charge in [0.15, 0.2) is 0 Å². The molecular formula is C62H50S. The van der Waals surface area contributed by atoms with E-state index in [0.29, 0.717) is 0 Å². The number of benzene rings is 9. The van der Waals surface area contributed by atoms with Crippen molar-refractivity contribution >= 4 is 31.5 Å². The lowest BCUT2D eigenvalue weighted by molar-refractivity contribution is 0.563. The first-order valence-corrected chi connectivity index (χ1v) is 23.3. The summed E-state index contributed by atoms with van der Waals surface area (Å²) < 4.78 is 2.66. The van der Waals surface area contributed by atoms with Gasteiger partial charge in [0, 0.05) is 31.5 Å². The van der Waals surface area contributed by atoms with Crippen molar-refractivity contribution in [1.82, 2.24) is 0 Å². The van der Waals surface area contributed by atoms with Crippen molar-refractivity contribution in [2.45, 2.75) is 50.9 Å². The van der Waals surface area contributed by atoms with E-state index in [0.717, 1.165) is 0 Å². The van der Waals surface area contributed by atoms with Crippen molar-refractivity contribution in [2.24, 2.45) is 0 Å². The van der Waals surface area contributed by atoms with Crippen LogP contribution in [0.1, 0.15) is 90.1 Å². The van der Waals surface area contributed by atoms with Crippen LogP contribution >= 0.6 is 11.3 Å². The van der Waals surface area contributed by atoms with Gasteiger partial charge in [-0.05, 0) is 108 Å². The minimum atomic E-state index is -0.492. The Kier molecular flexibility index (Phi) is 9.63. The van der Waals surface area contributed by atoms with Crippen molar-refractivity contribution in [3.8, 4) is 33.4 Å². The standard InChI is InChI=1S/C59H42S.C3H8/c1-58(2)49-22-10-12-24-51(49)59(52-25-13-11-23-50(52)58)48-34-32-42(43-33-35-55-46(36-43)44-20-9-14-27-54(44)60-55)37-47(48)57-45(21-15-26-53(57)59)56(40-18-7-4-8-19-40)41-30-28-39(29-31-41)38-16-5-3-6-17-38;1-3-2/h3-37,56H,1-2H3;3H2,1-2H3. The largest absolute Gasteiger partial charge is 0.135 e. The zero-order chi connectivity index (χ0) is 42.7. The van der Waals surface area contributed by atoms with Gasteiger partial charge in [0.1, 0.15) is 0 Å². The first kappa shape index (κ1) is 39.1. The van der Waals surface area contributed by atoms with E-state index >= 15 is 0 Å². The Morgan fingerprint density at radius 2 is 0.905 bits per heavy atom. The van der Waals surface area contributed by atoms with Crippen LogP contribution in [-0.4, -0.2) is 0 Å². The van der Waals surface area contributed by atoms with E-state index in [9.17, 15) is 0 Å². The lowest BCUT2D eigenvalue weighted by Gasteiger charge is -2.46. The summed E-state index contributed by atoms with van der Waals surface area (Å²) in [5.41, 5.74) is 19.1. The molecule has 0 bridgehead atoms. The summed E-state index contributed by atoms with van der Waals surface area (Å²) in [5.74, 6) is 0.0108. The molecule has 1 unspecified atom stereocenters. The van der Waals surface area contributed by atoms with Gasteiger partial charge in [-0.3, -0.25) is 0 Å². The predicted molar refractivity (Wildman–Crippen MR) is 269 cm³/mol. The van der Waals surface area contributed by atoms with Gasteiger partial charge in [0.2, 0.25) is 0 Å². The molecule has 0 radical (unpaired) electrons. The highest BCUT2D eigenvalue weighted by Crippen LogP contribution is 2.64. The molecule has 1 heteroatoms. The molecule has 1 atom stereocenters. The number of rotatable bonds is 5. The minimum absolute atomic E-state index is 0.0108. The molecule has 0 saturated carbocycles. The summed E-state index contributed by atoms with van der Waals surface area (Å²) in [7, 11) is 0. The Bertz CT molecular complexity index is 3240. The van der Waals surface area contributed by atoms with Crippen LogP contribution in [0.15, 0.2) is 212 Å². The molecule has 12 rings (SSSR count). The van der Waals surface area contributed by atoms with E-state index < -0.39 is 5.41 Å². The summed E-state index contributed by atoms with van der Waals surface area (Å²) in [6.07, 6.45) is 1.25. The van der Waals surface area contributed by atoms with Crippen LogP contribution in [-0.2, 0) is 10.8 Å². The SMILES string of the molecule is CC1(C)c2ccccc2C2(c3ccc(-c4ccc5sc6ccccc6c5c4)cc3-c3c(C(c4ccccc4)c4ccc(-c5ccccc5)cc4)cccc32)c2ccccc21.CCC. The van der Waals surface area contributed by atoms with E-state index in [1.807, 2.05) is 11.3 Å². The lowest BCUT2D eigenvalue weighted by Crippen LogP contribution is -2.40. The van der Waals surface area contributed by atoms with Gasteiger partial charge in [-0.15, -0.1) is 11.3 Å². The van der Waals surface area contributed by atoms with Crippen LogP contribution in [0.2, 0.25) is 0 Å². The maximum Gasteiger partial charge on any atom is 0.0719 e. The third-order valence-electron chi connectivity index (χ3n) is 13.7. The molecule has 0 fully saturated rings. The highest BCUT2D eigenvalue weighted by Gasteiger charge is 2.54. The van der Waals surface area contributed by atoms with Gasteiger partial charge in [-0.2, -0.15) is 0 Å². The predicted octanol–water partition coefficient (Wildman–Crippen LogP) is 17.0. The Labute approximate surface area is 376 Å². The minimum Gasteiger partial charge on any atom is -0.135 e. The summed E-state index contributed by atoms with van der Waals surface area (Å²) in [5, 5.41) is 2.65. The molecule has 1 spiro atoms. The molecule has 0 nitrogen and oxygen atoms in total. The maximum atomic E-state index is 2.52. The lowest BCUT2D eigenvalue weighted by atomic mass is 9.55. The van der Waals surface area contributed by atoms with E-state index in [1.165, 1.54) is 110 Å². The van der Waals surface area contributed by atoms with Crippen molar-refractivity contribution < 1.29 is 0 Å². The van der Waals surface area contributed by atoms with E-state index in [4.69, 9.17) is 0 Å². The molecule has 1 aromatic heterocycles. The monoisotopic (exact) mass is 826 g/mol. The third-order valence-corrected chi connectivity index (χ3v) is 14.9. The number of fused-ring (bicyclic) bond motifs is 12. The van der Waals surface area contributed by atoms with Gasteiger partial charge in [0.05, 0.1) is 5.41 Å². The van der Waals surface area contributed by atoms with E-state index in [1.54, 1.807) is 0 Å². The summed E-state index contributed by atoms with van der Waals surface area (Å²) in [6, 6.07) is 80.2. The number of hydrogen-bond donors (Lipinski definition) is 0. The summed E-state index contributed by atoms with van der Waals surface area (Å²) in [6.45, 7) is 9.06. The highest BCUT2D eigenvalue weighted by atomic mass is 32.1. The molecule has 0 aliphatic heterocycles. The Hall–Kier alpha value is -6.80. The zero-order valence-electron chi connectivity index (χ0n) is 36.4.